The van der Waals surface area contributed by atoms with Crippen LogP contribution >= 0.6 is 11.6 Å². The van der Waals surface area contributed by atoms with Gasteiger partial charge < -0.3 is 9.80 Å². The molecule has 25 heavy (non-hydrogen) atoms. The lowest BCUT2D eigenvalue weighted by atomic mass is 10.2. The SMILES string of the molecule is Cc1nnc2ccc(N3CCN(C(=O)c4ccccc4Cl)CC3)nn12. The molecule has 2 aromatic heterocycles. The summed E-state index contributed by atoms with van der Waals surface area (Å²) in [7, 11) is 0. The van der Waals surface area contributed by atoms with Crippen LogP contribution in [0.15, 0.2) is 36.4 Å². The number of halogens is 1. The second-order valence-corrected chi connectivity index (χ2v) is 6.38. The lowest BCUT2D eigenvalue weighted by Crippen LogP contribution is -2.49. The minimum atomic E-state index is -0.0247. The van der Waals surface area contributed by atoms with Crippen molar-refractivity contribution in [3.8, 4) is 0 Å². The Labute approximate surface area is 149 Å². The molecule has 128 valence electrons. The summed E-state index contributed by atoms with van der Waals surface area (Å²) in [6.07, 6.45) is 0. The van der Waals surface area contributed by atoms with Crippen molar-refractivity contribution in [1.82, 2.24) is 24.7 Å². The first-order valence-corrected chi connectivity index (χ1v) is 8.49. The number of hydrogen-bond donors (Lipinski definition) is 0. The highest BCUT2D eigenvalue weighted by Crippen LogP contribution is 2.20. The van der Waals surface area contributed by atoms with Crippen LogP contribution in [0, 0.1) is 6.92 Å². The Kier molecular flexibility index (Phi) is 4.01. The zero-order chi connectivity index (χ0) is 17.4. The van der Waals surface area contributed by atoms with Crippen LogP contribution < -0.4 is 4.90 Å². The van der Waals surface area contributed by atoms with Crippen molar-refractivity contribution < 1.29 is 4.79 Å². The van der Waals surface area contributed by atoms with Gasteiger partial charge in [0.1, 0.15) is 5.82 Å². The first-order chi connectivity index (χ1) is 12.1. The van der Waals surface area contributed by atoms with Gasteiger partial charge in [-0.1, -0.05) is 23.7 Å². The van der Waals surface area contributed by atoms with Crippen LogP contribution in [0.25, 0.3) is 5.65 Å². The van der Waals surface area contributed by atoms with E-state index in [-0.39, 0.29) is 5.91 Å². The van der Waals surface area contributed by atoms with E-state index >= 15 is 0 Å². The largest absolute Gasteiger partial charge is 0.352 e. The zero-order valence-corrected chi connectivity index (χ0v) is 14.5. The molecule has 4 rings (SSSR count). The molecule has 1 aliphatic heterocycles. The first-order valence-electron chi connectivity index (χ1n) is 8.11. The van der Waals surface area contributed by atoms with Gasteiger partial charge in [0.25, 0.3) is 5.91 Å². The summed E-state index contributed by atoms with van der Waals surface area (Å²) in [6, 6.07) is 11.0. The van der Waals surface area contributed by atoms with E-state index in [0.29, 0.717) is 23.7 Å². The second kappa shape index (κ2) is 6.33. The summed E-state index contributed by atoms with van der Waals surface area (Å²) >= 11 is 6.14. The number of anilines is 1. The molecule has 0 atom stereocenters. The Balaban J connectivity index is 1.48. The van der Waals surface area contributed by atoms with E-state index in [0.717, 1.165) is 30.4 Å². The maximum atomic E-state index is 12.6. The number of piperazine rings is 1. The monoisotopic (exact) mass is 356 g/mol. The average Bonchev–Trinajstić information content (AvgIpc) is 3.02. The maximum absolute atomic E-state index is 12.6. The second-order valence-electron chi connectivity index (χ2n) is 5.97. The van der Waals surface area contributed by atoms with Crippen molar-refractivity contribution in [1.29, 1.82) is 0 Å². The van der Waals surface area contributed by atoms with Crippen LogP contribution in [-0.4, -0.2) is 56.8 Å². The van der Waals surface area contributed by atoms with Gasteiger partial charge in [-0.25, -0.2) is 0 Å². The van der Waals surface area contributed by atoms with Gasteiger partial charge in [0.05, 0.1) is 10.6 Å². The summed E-state index contributed by atoms with van der Waals surface area (Å²) in [4.78, 5) is 16.6. The Morgan fingerprint density at radius 3 is 2.56 bits per heavy atom. The van der Waals surface area contributed by atoms with E-state index in [1.165, 1.54) is 0 Å². The Bertz CT molecular complexity index is 932. The predicted molar refractivity (Wildman–Crippen MR) is 95.1 cm³/mol. The van der Waals surface area contributed by atoms with Gasteiger partial charge in [-0.05, 0) is 31.2 Å². The quantitative estimate of drug-likeness (QED) is 0.703. The van der Waals surface area contributed by atoms with E-state index in [4.69, 9.17) is 11.6 Å². The molecule has 3 heterocycles. The fourth-order valence-electron chi connectivity index (χ4n) is 3.00. The van der Waals surface area contributed by atoms with Crippen LogP contribution in [0.4, 0.5) is 5.82 Å². The third kappa shape index (κ3) is 2.91. The lowest BCUT2D eigenvalue weighted by molar-refractivity contribution is 0.0746. The van der Waals surface area contributed by atoms with Crippen LogP contribution in [0.3, 0.4) is 0 Å². The highest BCUT2D eigenvalue weighted by molar-refractivity contribution is 6.33. The van der Waals surface area contributed by atoms with Crippen LogP contribution in [0.2, 0.25) is 5.02 Å². The van der Waals surface area contributed by atoms with Crippen molar-refractivity contribution in [2.24, 2.45) is 0 Å². The number of nitrogens with zero attached hydrogens (tertiary/aromatic N) is 6. The van der Waals surface area contributed by atoms with Crippen LogP contribution in [0.1, 0.15) is 16.2 Å². The topological polar surface area (TPSA) is 66.6 Å². The highest BCUT2D eigenvalue weighted by Gasteiger charge is 2.24. The number of carbonyl (C=O) groups excluding carboxylic acids is 1. The normalized spacial score (nSPS) is 15.0. The van der Waals surface area contributed by atoms with E-state index in [9.17, 15) is 4.79 Å². The molecular weight excluding hydrogens is 340 g/mol. The third-order valence-electron chi connectivity index (χ3n) is 4.40. The van der Waals surface area contributed by atoms with Crippen molar-refractivity contribution in [2.45, 2.75) is 6.92 Å². The number of aromatic nitrogens is 4. The molecule has 1 aromatic carbocycles. The van der Waals surface area contributed by atoms with Crippen LogP contribution in [0.5, 0.6) is 0 Å². The van der Waals surface area contributed by atoms with Gasteiger partial charge in [-0.15, -0.1) is 15.3 Å². The van der Waals surface area contributed by atoms with Gasteiger partial charge in [0.15, 0.2) is 11.5 Å². The van der Waals surface area contributed by atoms with Gasteiger partial charge in [0.2, 0.25) is 0 Å². The molecule has 0 unspecified atom stereocenters. The van der Waals surface area contributed by atoms with Gasteiger partial charge in [-0.3, -0.25) is 4.79 Å². The van der Waals surface area contributed by atoms with Crippen molar-refractivity contribution >= 4 is 29.0 Å². The van der Waals surface area contributed by atoms with E-state index in [2.05, 4.69) is 20.2 Å². The molecule has 0 N–H and O–H groups in total. The van der Waals surface area contributed by atoms with Crippen LogP contribution in [-0.2, 0) is 0 Å². The minimum absolute atomic E-state index is 0.0247. The summed E-state index contributed by atoms with van der Waals surface area (Å²) in [6.45, 7) is 4.57. The third-order valence-corrected chi connectivity index (χ3v) is 4.73. The van der Waals surface area contributed by atoms with Gasteiger partial charge >= 0.3 is 0 Å². The molecule has 0 saturated carbocycles. The first kappa shape index (κ1) is 15.8. The molecule has 0 spiro atoms. The van der Waals surface area contributed by atoms with Gasteiger partial charge in [0, 0.05) is 26.2 Å². The Morgan fingerprint density at radius 1 is 1.04 bits per heavy atom. The summed E-state index contributed by atoms with van der Waals surface area (Å²) in [5, 5.41) is 13.2. The molecule has 3 aromatic rings. The average molecular weight is 357 g/mol. The summed E-state index contributed by atoms with van der Waals surface area (Å²) < 4.78 is 1.73. The van der Waals surface area contributed by atoms with Crippen molar-refractivity contribution in [2.75, 3.05) is 31.1 Å². The van der Waals surface area contributed by atoms with Crippen molar-refractivity contribution in [3.63, 3.8) is 0 Å². The smallest absolute Gasteiger partial charge is 0.255 e. The van der Waals surface area contributed by atoms with Crippen molar-refractivity contribution in [3.05, 3.63) is 52.8 Å². The molecule has 0 bridgehead atoms. The molecule has 1 fully saturated rings. The maximum Gasteiger partial charge on any atom is 0.255 e. The molecule has 0 aliphatic carbocycles. The number of rotatable bonds is 2. The molecule has 1 amide bonds. The molecule has 8 heteroatoms. The predicted octanol–water partition coefficient (Wildman–Crippen LogP) is 2.05. The fourth-order valence-corrected chi connectivity index (χ4v) is 3.22. The van der Waals surface area contributed by atoms with Gasteiger partial charge in [-0.2, -0.15) is 4.52 Å². The lowest BCUT2D eigenvalue weighted by Gasteiger charge is -2.35. The number of hydrogen-bond acceptors (Lipinski definition) is 5. The minimum Gasteiger partial charge on any atom is -0.352 e. The highest BCUT2D eigenvalue weighted by atomic mass is 35.5. The standard InChI is InChI=1S/C17H17ClN6O/c1-12-19-20-15-6-7-16(21-24(12)15)22-8-10-23(11-9-22)17(25)13-4-2-3-5-14(13)18/h2-7H,8-11H2,1H3. The Hall–Kier alpha value is -2.67. The molecule has 7 nitrogen and oxygen atoms in total. The zero-order valence-electron chi connectivity index (χ0n) is 13.8. The summed E-state index contributed by atoms with van der Waals surface area (Å²) in [5.74, 6) is 1.59. The van der Waals surface area contributed by atoms with E-state index in [1.54, 1.807) is 16.6 Å². The number of amides is 1. The molecule has 1 aliphatic rings. The number of aryl methyl sites for hydroxylation is 1. The molecular formula is C17H17ClN6O. The van der Waals surface area contributed by atoms with E-state index in [1.807, 2.05) is 36.1 Å². The number of fused-ring (bicyclic) bond motifs is 1. The number of carbonyl (C=O) groups is 1. The van der Waals surface area contributed by atoms with E-state index < -0.39 is 0 Å². The molecule has 0 radical (unpaired) electrons. The fraction of sp³-hybridized carbons (Fsp3) is 0.294. The Morgan fingerprint density at radius 2 is 1.80 bits per heavy atom. The number of benzene rings is 1. The summed E-state index contributed by atoms with van der Waals surface area (Å²) in [5.41, 5.74) is 1.28. The molecule has 1 saturated heterocycles.